The van der Waals surface area contributed by atoms with E-state index in [2.05, 4.69) is 37.5 Å². The SMILES string of the molecule is CCCCN(CCCC)c1ccc(C(O[Cl+3]([O-])([O-])[O-])(c2ccc(F)cc2)c2ccc(N(CCCC)CCCC)cc2)cc1. The van der Waals surface area contributed by atoms with Crippen LogP contribution in [0.5, 0.6) is 0 Å². The number of hydrogen-bond acceptors (Lipinski definition) is 6. The third kappa shape index (κ3) is 9.65. The van der Waals surface area contributed by atoms with Crippen molar-refractivity contribution in [3.63, 3.8) is 0 Å². The first-order chi connectivity index (χ1) is 20.7. The van der Waals surface area contributed by atoms with Crippen molar-refractivity contribution in [3.8, 4) is 0 Å². The fourth-order valence-corrected chi connectivity index (χ4v) is 5.96. The molecule has 0 spiro atoms. The molecule has 0 saturated carbocycles. The minimum Gasteiger partial charge on any atom is -0.372 e. The molecule has 3 aromatic rings. The van der Waals surface area contributed by atoms with Crippen molar-refractivity contribution in [1.82, 2.24) is 0 Å². The molecule has 43 heavy (non-hydrogen) atoms. The van der Waals surface area contributed by atoms with Crippen LogP contribution in [0.2, 0.25) is 0 Å². The van der Waals surface area contributed by atoms with Crippen molar-refractivity contribution >= 4 is 11.4 Å². The summed E-state index contributed by atoms with van der Waals surface area (Å²) in [6.07, 6.45) is 8.53. The Morgan fingerprint density at radius 3 is 1.14 bits per heavy atom. The van der Waals surface area contributed by atoms with Crippen molar-refractivity contribution in [3.05, 3.63) is 95.3 Å². The Bertz CT molecular complexity index is 1120. The number of nitrogens with zero attached hydrogens (tertiary/aromatic N) is 2. The maximum absolute atomic E-state index is 14.1. The molecule has 0 amide bonds. The largest absolute Gasteiger partial charge is 0.372 e. The maximum atomic E-state index is 14.1. The van der Waals surface area contributed by atoms with E-state index in [0.717, 1.165) is 88.9 Å². The molecule has 8 heteroatoms. The van der Waals surface area contributed by atoms with Crippen LogP contribution in [0.1, 0.15) is 95.8 Å². The second-order valence-electron chi connectivity index (χ2n) is 11.1. The average Bonchev–Trinajstić information content (AvgIpc) is 3.00. The number of rotatable bonds is 19. The van der Waals surface area contributed by atoms with Crippen LogP contribution in [0.25, 0.3) is 0 Å². The molecule has 0 atom stereocenters. The number of unbranched alkanes of at least 4 members (excludes halogenated alkanes) is 4. The highest BCUT2D eigenvalue weighted by Gasteiger charge is 2.51. The number of hydrogen-bond donors (Lipinski definition) is 0. The second-order valence-corrected chi connectivity index (χ2v) is 12.0. The predicted molar refractivity (Wildman–Crippen MR) is 164 cm³/mol. The van der Waals surface area contributed by atoms with Gasteiger partial charge >= 0.3 is 0 Å². The highest BCUT2D eigenvalue weighted by atomic mass is 35.7. The van der Waals surface area contributed by atoms with Gasteiger partial charge < -0.3 is 9.80 Å². The molecular formula is C35H48ClFN2O4. The first-order valence-electron chi connectivity index (χ1n) is 15.8. The summed E-state index contributed by atoms with van der Waals surface area (Å²) in [5.74, 6) is -0.476. The molecule has 6 nitrogen and oxygen atoms in total. The van der Waals surface area contributed by atoms with Gasteiger partial charge in [0.05, 0.1) is 14.5 Å². The first-order valence-corrected chi connectivity index (χ1v) is 17.0. The van der Waals surface area contributed by atoms with Crippen LogP contribution >= 0.6 is 0 Å². The summed E-state index contributed by atoms with van der Waals surface area (Å²) in [4.78, 5) is 4.66. The van der Waals surface area contributed by atoms with Gasteiger partial charge in [0.15, 0.2) is 0 Å². The molecule has 3 aromatic carbocycles. The highest BCUT2D eigenvalue weighted by molar-refractivity contribution is 5.56. The van der Waals surface area contributed by atoms with Gasteiger partial charge in [-0.05, 0) is 62.1 Å². The molecule has 0 saturated heterocycles. The lowest BCUT2D eigenvalue weighted by Gasteiger charge is -2.32. The lowest BCUT2D eigenvalue weighted by molar-refractivity contribution is -1.92. The van der Waals surface area contributed by atoms with Gasteiger partial charge in [0.1, 0.15) is 5.82 Å². The maximum Gasteiger partial charge on any atom is 0.298 e. The van der Waals surface area contributed by atoms with Gasteiger partial charge in [0.25, 0.3) is 5.60 Å². The molecule has 0 aliphatic carbocycles. The van der Waals surface area contributed by atoms with E-state index in [9.17, 15) is 18.4 Å². The molecule has 3 rings (SSSR count). The topological polar surface area (TPSA) is 84.9 Å². The minimum absolute atomic E-state index is 0.337. The lowest BCUT2D eigenvalue weighted by atomic mass is 9.80. The van der Waals surface area contributed by atoms with Crippen LogP contribution in [0.15, 0.2) is 72.8 Å². The fourth-order valence-electron chi connectivity index (χ4n) is 5.41. The molecule has 236 valence electrons. The number of halogens is 2. The van der Waals surface area contributed by atoms with Crippen LogP contribution in [0, 0.1) is 16.1 Å². The fraction of sp³-hybridized carbons (Fsp3) is 0.486. The Hall–Kier alpha value is -2.68. The zero-order chi connectivity index (χ0) is 31.3. The van der Waals surface area contributed by atoms with Crippen LogP contribution < -0.4 is 23.8 Å². The highest BCUT2D eigenvalue weighted by Crippen LogP contribution is 2.43. The van der Waals surface area contributed by atoms with Gasteiger partial charge in [-0.3, -0.25) is 0 Å². The van der Waals surface area contributed by atoms with E-state index >= 15 is 0 Å². The van der Waals surface area contributed by atoms with Crippen molar-refractivity contribution in [2.24, 2.45) is 0 Å². The summed E-state index contributed by atoms with van der Waals surface area (Å²) in [5.41, 5.74) is 1.47. The van der Waals surface area contributed by atoms with Gasteiger partial charge in [-0.15, -0.1) is 0 Å². The summed E-state index contributed by atoms with van der Waals surface area (Å²) < 4.78 is 56.7. The standard InChI is InChI=1S/C35H48ClFN2O4/c1-5-9-25-38(26-10-6-2)33-21-15-30(16-22-33)35(43-36(40,41)42,29-13-19-32(37)20-14-29)31-17-23-34(24-18-31)39(27-11-7-3)28-12-8-4/h13-24H,5-12,25-28H2,1-4H3. The molecule has 0 aliphatic heterocycles. The van der Waals surface area contributed by atoms with Gasteiger partial charge in [-0.25, -0.2) is 4.39 Å². The monoisotopic (exact) mass is 614 g/mol. The van der Waals surface area contributed by atoms with E-state index in [1.54, 1.807) is 0 Å². The average molecular weight is 615 g/mol. The Morgan fingerprint density at radius 2 is 0.860 bits per heavy atom. The van der Waals surface area contributed by atoms with Crippen LogP contribution in [0.3, 0.4) is 0 Å². The molecular weight excluding hydrogens is 567 g/mol. The zero-order valence-corrected chi connectivity index (χ0v) is 27.0. The lowest BCUT2D eigenvalue weighted by Crippen LogP contribution is -2.64. The van der Waals surface area contributed by atoms with Crippen LogP contribution in [0.4, 0.5) is 15.8 Å². The molecule has 0 bridgehead atoms. The van der Waals surface area contributed by atoms with Gasteiger partial charge in [0.2, 0.25) is 0 Å². The van der Waals surface area contributed by atoms with E-state index < -0.39 is 21.7 Å². The molecule has 0 aliphatic rings. The Labute approximate surface area is 259 Å². The third-order valence-electron chi connectivity index (χ3n) is 7.87. The van der Waals surface area contributed by atoms with Gasteiger partial charge in [-0.1, -0.05) is 89.8 Å². The molecule has 0 fully saturated rings. The van der Waals surface area contributed by atoms with Crippen molar-refractivity contribution < 1.29 is 32.9 Å². The van der Waals surface area contributed by atoms with E-state index in [1.807, 2.05) is 48.5 Å². The Morgan fingerprint density at radius 1 is 0.558 bits per heavy atom. The first kappa shape index (κ1) is 34.8. The summed E-state index contributed by atoms with van der Waals surface area (Å²) in [6.45, 7) is 12.3. The van der Waals surface area contributed by atoms with E-state index in [-0.39, 0.29) is 0 Å². The predicted octanol–water partition coefficient (Wildman–Crippen LogP) is 5.84. The molecule has 0 N–H and O–H groups in total. The number of anilines is 2. The smallest absolute Gasteiger partial charge is 0.298 e. The summed E-state index contributed by atoms with van der Waals surface area (Å²) >= 11 is 0. The zero-order valence-electron chi connectivity index (χ0n) is 26.2. The third-order valence-corrected chi connectivity index (χ3v) is 8.29. The van der Waals surface area contributed by atoms with Gasteiger partial charge in [-0.2, -0.15) is 14.0 Å². The van der Waals surface area contributed by atoms with E-state index in [0.29, 0.717) is 16.7 Å². The van der Waals surface area contributed by atoms with Crippen LogP contribution in [-0.4, -0.2) is 26.2 Å². The van der Waals surface area contributed by atoms with Crippen LogP contribution in [-0.2, 0) is 9.89 Å². The molecule has 0 aromatic heterocycles. The quantitative estimate of drug-likeness (QED) is 0.158. The van der Waals surface area contributed by atoms with Gasteiger partial charge in [0, 0.05) is 54.2 Å². The normalized spacial score (nSPS) is 12.0. The summed E-state index contributed by atoms with van der Waals surface area (Å²) in [6, 6.07) is 20.5. The van der Waals surface area contributed by atoms with E-state index in [1.165, 1.54) is 24.3 Å². The summed E-state index contributed by atoms with van der Waals surface area (Å²) in [5, 5.41) is 0. The number of benzene rings is 3. The Balaban J connectivity index is 2.16. The Kier molecular flexibility index (Phi) is 13.7. The summed E-state index contributed by atoms with van der Waals surface area (Å²) in [7, 11) is -4.87. The van der Waals surface area contributed by atoms with Crippen molar-refractivity contribution in [1.29, 1.82) is 0 Å². The molecule has 0 heterocycles. The van der Waals surface area contributed by atoms with E-state index in [4.69, 9.17) is 4.29 Å². The molecule has 0 unspecified atom stereocenters. The molecule has 0 radical (unpaired) electrons. The van der Waals surface area contributed by atoms with Crippen molar-refractivity contribution in [2.45, 2.75) is 84.7 Å². The minimum atomic E-state index is -4.87. The second kappa shape index (κ2) is 17.0. The van der Waals surface area contributed by atoms with Crippen molar-refractivity contribution in [2.75, 3.05) is 36.0 Å².